The maximum absolute atomic E-state index is 13.1. The smallest absolute Gasteiger partial charge is 0.234 e. The number of thiol groups is 1. The fourth-order valence-corrected chi connectivity index (χ4v) is 1.04. The normalized spacial score (nSPS) is 9.77. The van der Waals surface area contributed by atoms with Crippen LogP contribution >= 0.6 is 24.2 Å². The van der Waals surface area contributed by atoms with E-state index in [9.17, 15) is 9.18 Å². The molecule has 1 N–H and O–H groups in total. The van der Waals surface area contributed by atoms with Crippen LogP contribution in [0.3, 0.4) is 0 Å². The quantitative estimate of drug-likeness (QED) is 0.735. The first kappa shape index (κ1) is 10.3. The van der Waals surface area contributed by atoms with Crippen molar-refractivity contribution < 1.29 is 9.18 Å². The second-order valence-electron chi connectivity index (χ2n) is 2.31. The Morgan fingerprint density at radius 1 is 1.62 bits per heavy atom. The minimum Gasteiger partial charge on any atom is -0.323 e. The molecule has 0 bridgehead atoms. The highest BCUT2D eigenvalue weighted by molar-refractivity contribution is 7.81. The fraction of sp³-hybridized carbons (Fsp3) is 0.125. The molecule has 0 aliphatic carbocycles. The zero-order chi connectivity index (χ0) is 9.84. The number of carbonyl (C=O) groups is 1. The Balaban J connectivity index is 2.89. The second kappa shape index (κ2) is 4.48. The SMILES string of the molecule is O=C(CS)Nc1cccc(Cl)c1F. The van der Waals surface area contributed by atoms with Gasteiger partial charge in [0.25, 0.3) is 0 Å². The first-order valence-corrected chi connectivity index (χ1v) is 4.51. The maximum atomic E-state index is 13.1. The summed E-state index contributed by atoms with van der Waals surface area (Å²) >= 11 is 9.23. The molecule has 1 rings (SSSR count). The highest BCUT2D eigenvalue weighted by atomic mass is 35.5. The van der Waals surface area contributed by atoms with Crippen LogP contribution in [0.2, 0.25) is 5.02 Å². The fourth-order valence-electron chi connectivity index (χ4n) is 0.790. The van der Waals surface area contributed by atoms with Gasteiger partial charge in [-0.25, -0.2) is 4.39 Å². The lowest BCUT2D eigenvalue weighted by Gasteiger charge is -2.04. The Labute approximate surface area is 85.5 Å². The van der Waals surface area contributed by atoms with Crippen molar-refractivity contribution in [3.05, 3.63) is 29.0 Å². The van der Waals surface area contributed by atoms with Gasteiger partial charge in [0.15, 0.2) is 5.82 Å². The number of hydrogen-bond donors (Lipinski definition) is 2. The summed E-state index contributed by atoms with van der Waals surface area (Å²) in [4.78, 5) is 10.8. The monoisotopic (exact) mass is 219 g/mol. The Kier molecular flexibility index (Phi) is 3.57. The molecule has 2 nitrogen and oxygen atoms in total. The zero-order valence-electron chi connectivity index (χ0n) is 6.55. The minimum atomic E-state index is -0.626. The molecule has 0 aliphatic heterocycles. The van der Waals surface area contributed by atoms with Crippen LogP contribution in [-0.2, 0) is 4.79 Å². The van der Waals surface area contributed by atoms with Gasteiger partial charge in [-0.1, -0.05) is 17.7 Å². The summed E-state index contributed by atoms with van der Waals surface area (Å²) in [6, 6.07) is 4.40. The Morgan fingerprint density at radius 2 is 2.31 bits per heavy atom. The van der Waals surface area contributed by atoms with Gasteiger partial charge in [0.1, 0.15) is 0 Å². The van der Waals surface area contributed by atoms with E-state index in [0.29, 0.717) is 0 Å². The largest absolute Gasteiger partial charge is 0.323 e. The Bertz CT molecular complexity index is 332. The summed E-state index contributed by atoms with van der Waals surface area (Å²) < 4.78 is 13.1. The molecule has 0 unspecified atom stereocenters. The van der Waals surface area contributed by atoms with Crippen molar-refractivity contribution in [2.24, 2.45) is 0 Å². The van der Waals surface area contributed by atoms with Crippen molar-refractivity contribution in [3.63, 3.8) is 0 Å². The molecule has 13 heavy (non-hydrogen) atoms. The summed E-state index contributed by atoms with van der Waals surface area (Å²) in [6.45, 7) is 0. The van der Waals surface area contributed by atoms with E-state index < -0.39 is 5.82 Å². The van der Waals surface area contributed by atoms with E-state index in [1.54, 1.807) is 6.07 Å². The molecule has 0 atom stereocenters. The van der Waals surface area contributed by atoms with Gasteiger partial charge in [0.2, 0.25) is 5.91 Å². The van der Waals surface area contributed by atoms with Crippen LogP contribution in [-0.4, -0.2) is 11.7 Å². The van der Waals surface area contributed by atoms with Gasteiger partial charge in [0.05, 0.1) is 16.5 Å². The summed E-state index contributed by atoms with van der Waals surface area (Å²) in [5, 5.41) is 2.31. The first-order chi connectivity index (χ1) is 6.15. The minimum absolute atomic E-state index is 0.00591. The van der Waals surface area contributed by atoms with Gasteiger partial charge in [-0.15, -0.1) is 0 Å². The van der Waals surface area contributed by atoms with Crippen LogP contribution in [0.25, 0.3) is 0 Å². The first-order valence-electron chi connectivity index (χ1n) is 3.50. The lowest BCUT2D eigenvalue weighted by Crippen LogP contribution is -2.13. The summed E-state index contributed by atoms with van der Waals surface area (Å²) in [7, 11) is 0. The number of halogens is 2. The zero-order valence-corrected chi connectivity index (χ0v) is 8.20. The van der Waals surface area contributed by atoms with Crippen molar-refractivity contribution in [2.45, 2.75) is 0 Å². The molecule has 1 aromatic rings. The molecule has 0 saturated heterocycles. The van der Waals surface area contributed by atoms with Crippen LogP contribution < -0.4 is 5.32 Å². The third-order valence-electron chi connectivity index (χ3n) is 1.37. The third-order valence-corrected chi connectivity index (χ3v) is 1.95. The number of nitrogens with one attached hydrogen (secondary N) is 1. The maximum Gasteiger partial charge on any atom is 0.234 e. The topological polar surface area (TPSA) is 29.1 Å². The number of anilines is 1. The van der Waals surface area contributed by atoms with Crippen LogP contribution in [0.15, 0.2) is 18.2 Å². The van der Waals surface area contributed by atoms with E-state index in [1.807, 2.05) is 0 Å². The molecular formula is C8H7ClFNOS. The number of carbonyl (C=O) groups excluding carboxylic acids is 1. The number of benzene rings is 1. The summed E-state index contributed by atoms with van der Waals surface area (Å²) in [6.07, 6.45) is 0. The number of amides is 1. The van der Waals surface area contributed by atoms with Gasteiger partial charge < -0.3 is 5.32 Å². The molecule has 5 heteroatoms. The van der Waals surface area contributed by atoms with Gasteiger partial charge in [-0.3, -0.25) is 4.79 Å². The third kappa shape index (κ3) is 2.60. The molecule has 0 spiro atoms. The number of rotatable bonds is 2. The van der Waals surface area contributed by atoms with E-state index in [-0.39, 0.29) is 22.4 Å². The molecule has 1 aromatic carbocycles. The highest BCUT2D eigenvalue weighted by Crippen LogP contribution is 2.21. The lowest BCUT2D eigenvalue weighted by atomic mass is 10.3. The van der Waals surface area contributed by atoms with E-state index >= 15 is 0 Å². The number of hydrogen-bond acceptors (Lipinski definition) is 2. The molecule has 70 valence electrons. The predicted octanol–water partition coefficient (Wildman–Crippen LogP) is 2.35. The molecule has 0 fully saturated rings. The summed E-state index contributed by atoms with van der Waals surface area (Å²) in [5.74, 6) is -0.991. The molecule has 0 radical (unpaired) electrons. The Morgan fingerprint density at radius 3 is 2.92 bits per heavy atom. The lowest BCUT2D eigenvalue weighted by molar-refractivity contribution is -0.113. The second-order valence-corrected chi connectivity index (χ2v) is 3.03. The molecule has 0 aliphatic rings. The molecule has 0 heterocycles. The van der Waals surface area contributed by atoms with Crippen LogP contribution in [0.4, 0.5) is 10.1 Å². The van der Waals surface area contributed by atoms with E-state index in [1.165, 1.54) is 12.1 Å². The van der Waals surface area contributed by atoms with E-state index in [0.717, 1.165) is 0 Å². The van der Waals surface area contributed by atoms with Crippen molar-refractivity contribution in [1.29, 1.82) is 0 Å². The van der Waals surface area contributed by atoms with Crippen molar-refractivity contribution >= 4 is 35.8 Å². The van der Waals surface area contributed by atoms with Crippen LogP contribution in [0, 0.1) is 5.82 Å². The van der Waals surface area contributed by atoms with E-state index in [2.05, 4.69) is 17.9 Å². The predicted molar refractivity (Wildman–Crippen MR) is 53.9 cm³/mol. The molecular weight excluding hydrogens is 213 g/mol. The molecule has 1 amide bonds. The van der Waals surface area contributed by atoms with Gasteiger partial charge >= 0.3 is 0 Å². The molecule has 0 aromatic heterocycles. The van der Waals surface area contributed by atoms with Crippen molar-refractivity contribution in [3.8, 4) is 0 Å². The van der Waals surface area contributed by atoms with Gasteiger partial charge in [-0.2, -0.15) is 12.6 Å². The average Bonchev–Trinajstić information content (AvgIpc) is 2.13. The Hall–Kier alpha value is -0.740. The van der Waals surface area contributed by atoms with Gasteiger partial charge in [0, 0.05) is 0 Å². The van der Waals surface area contributed by atoms with Crippen molar-refractivity contribution in [2.75, 3.05) is 11.1 Å². The average molecular weight is 220 g/mol. The van der Waals surface area contributed by atoms with Gasteiger partial charge in [-0.05, 0) is 12.1 Å². The van der Waals surface area contributed by atoms with E-state index in [4.69, 9.17) is 11.6 Å². The van der Waals surface area contributed by atoms with Crippen LogP contribution in [0.5, 0.6) is 0 Å². The molecule has 0 saturated carbocycles. The van der Waals surface area contributed by atoms with Crippen LogP contribution in [0.1, 0.15) is 0 Å². The summed E-state index contributed by atoms with van der Waals surface area (Å²) in [5.41, 5.74) is 0.0755. The van der Waals surface area contributed by atoms with Crippen molar-refractivity contribution in [1.82, 2.24) is 0 Å². The highest BCUT2D eigenvalue weighted by Gasteiger charge is 2.07. The standard InChI is InChI=1S/C8H7ClFNOS/c9-5-2-1-3-6(8(5)10)11-7(12)4-13/h1-3,13H,4H2,(H,11,12).